The molecule has 1 saturated carbocycles. The van der Waals surface area contributed by atoms with Crippen molar-refractivity contribution in [2.24, 2.45) is 16.2 Å². The van der Waals surface area contributed by atoms with Crippen LogP contribution in [0, 0.1) is 27.6 Å². The van der Waals surface area contributed by atoms with Crippen molar-refractivity contribution in [1.29, 1.82) is 5.26 Å². The summed E-state index contributed by atoms with van der Waals surface area (Å²) in [6.07, 6.45) is 1.67. The SMILES string of the molecule is CC1(C)[C@](Cc2cccc(Oc3ccccc3)c2)(C(=O)O)[C@@]1(C=C(Cl)Cl)[C@H](C#N)c1cccc(Oc2ccccc2)c1. The van der Waals surface area contributed by atoms with Crippen molar-refractivity contribution < 1.29 is 19.4 Å². The van der Waals surface area contributed by atoms with Crippen molar-refractivity contribution in [2.45, 2.75) is 26.2 Å². The number of carbonyl (C=O) groups is 1. The number of hydrogen-bond acceptors (Lipinski definition) is 4. The first-order valence-corrected chi connectivity index (χ1v) is 14.2. The summed E-state index contributed by atoms with van der Waals surface area (Å²) in [6.45, 7) is 3.71. The molecule has 1 aliphatic rings. The van der Waals surface area contributed by atoms with E-state index in [1.807, 2.05) is 98.8 Å². The van der Waals surface area contributed by atoms with Crippen LogP contribution in [-0.2, 0) is 11.2 Å². The smallest absolute Gasteiger partial charge is 0.311 e. The molecule has 0 aliphatic heterocycles. The summed E-state index contributed by atoms with van der Waals surface area (Å²) < 4.78 is 12.0. The molecule has 1 fully saturated rings. The lowest BCUT2D eigenvalue weighted by atomic mass is 9.75. The molecule has 5 rings (SSSR count). The number of para-hydroxylation sites is 2. The van der Waals surface area contributed by atoms with Gasteiger partial charge < -0.3 is 14.6 Å². The van der Waals surface area contributed by atoms with Crippen LogP contribution in [0.15, 0.2) is 120 Å². The van der Waals surface area contributed by atoms with Gasteiger partial charge in [-0.3, -0.25) is 4.79 Å². The minimum absolute atomic E-state index is 0.0932. The van der Waals surface area contributed by atoms with Gasteiger partial charge in [-0.15, -0.1) is 0 Å². The fraction of sp³-hybridized carbons (Fsp3) is 0.200. The maximum absolute atomic E-state index is 13.4. The molecule has 212 valence electrons. The van der Waals surface area contributed by atoms with Gasteiger partial charge in [0, 0.05) is 5.41 Å². The van der Waals surface area contributed by atoms with Crippen LogP contribution in [0.1, 0.15) is 30.9 Å². The van der Waals surface area contributed by atoms with E-state index in [1.165, 1.54) is 0 Å². The van der Waals surface area contributed by atoms with Crippen LogP contribution >= 0.6 is 23.2 Å². The van der Waals surface area contributed by atoms with Gasteiger partial charge in [-0.1, -0.05) is 97.7 Å². The fourth-order valence-corrected chi connectivity index (χ4v) is 6.91. The molecular weight excluding hydrogens is 569 g/mol. The molecule has 0 radical (unpaired) electrons. The van der Waals surface area contributed by atoms with Crippen molar-refractivity contribution in [3.05, 3.63) is 131 Å². The molecule has 42 heavy (non-hydrogen) atoms. The summed E-state index contributed by atoms with van der Waals surface area (Å²) in [5.41, 5.74) is -2.24. The van der Waals surface area contributed by atoms with Gasteiger partial charge in [0.25, 0.3) is 0 Å². The van der Waals surface area contributed by atoms with Gasteiger partial charge in [0.2, 0.25) is 0 Å². The van der Waals surface area contributed by atoms with E-state index in [9.17, 15) is 15.2 Å². The summed E-state index contributed by atoms with van der Waals surface area (Å²) in [6, 6.07) is 35.6. The summed E-state index contributed by atoms with van der Waals surface area (Å²) in [5.74, 6) is 0.481. The molecule has 0 amide bonds. The highest BCUT2D eigenvalue weighted by molar-refractivity contribution is 6.56. The molecule has 0 bridgehead atoms. The monoisotopic (exact) mass is 597 g/mol. The average molecular weight is 599 g/mol. The number of ether oxygens (including phenoxy) is 2. The number of halogens is 2. The van der Waals surface area contributed by atoms with Crippen molar-refractivity contribution in [3.63, 3.8) is 0 Å². The number of allylic oxidation sites excluding steroid dienone is 1. The molecule has 7 heteroatoms. The van der Waals surface area contributed by atoms with Crippen LogP contribution in [0.5, 0.6) is 23.0 Å². The van der Waals surface area contributed by atoms with E-state index in [0.717, 1.165) is 5.56 Å². The quantitative estimate of drug-likeness (QED) is 0.197. The van der Waals surface area contributed by atoms with Gasteiger partial charge in [-0.25, -0.2) is 0 Å². The molecule has 0 saturated heterocycles. The van der Waals surface area contributed by atoms with Crippen molar-refractivity contribution >= 4 is 29.2 Å². The largest absolute Gasteiger partial charge is 0.481 e. The first-order valence-electron chi connectivity index (χ1n) is 13.5. The standard InChI is InChI=1S/C35H29Cl2NO4/c1-33(2)34(22-31(36)37,30(23-38)25-12-10-18-29(20-25)42-27-15-7-4-8-16-27)35(33,32(39)40)21-24-11-9-17-28(19-24)41-26-13-5-3-6-14-26/h3-20,22,30H,21H2,1-2H3,(H,39,40)/t30-,34+,35+/m1/s1. The summed E-state index contributed by atoms with van der Waals surface area (Å²) in [5, 5.41) is 21.6. The third-order valence-corrected chi connectivity index (χ3v) is 8.77. The second kappa shape index (κ2) is 11.6. The van der Waals surface area contributed by atoms with Crippen LogP contribution in [0.3, 0.4) is 0 Å². The maximum atomic E-state index is 13.4. The van der Waals surface area contributed by atoms with Gasteiger partial charge in [-0.2, -0.15) is 5.26 Å². The van der Waals surface area contributed by atoms with Crippen LogP contribution in [-0.4, -0.2) is 11.1 Å². The van der Waals surface area contributed by atoms with E-state index in [4.69, 9.17) is 32.7 Å². The number of carboxylic acid groups (broad SMARTS) is 1. The average Bonchev–Trinajstić information content (AvgIpc) is 3.37. The molecule has 0 unspecified atom stereocenters. The molecule has 0 aromatic heterocycles. The van der Waals surface area contributed by atoms with E-state index in [1.54, 1.807) is 30.3 Å². The molecule has 1 aliphatic carbocycles. The summed E-state index contributed by atoms with van der Waals surface area (Å²) in [4.78, 5) is 13.4. The van der Waals surface area contributed by atoms with Crippen molar-refractivity contribution in [1.82, 2.24) is 0 Å². The third kappa shape index (κ3) is 5.02. The predicted octanol–water partition coefficient (Wildman–Crippen LogP) is 9.54. The second-order valence-corrected chi connectivity index (χ2v) is 11.9. The zero-order chi connectivity index (χ0) is 30.0. The lowest BCUT2D eigenvalue weighted by Crippen LogP contribution is -2.29. The van der Waals surface area contributed by atoms with Crippen LogP contribution in [0.2, 0.25) is 0 Å². The highest BCUT2D eigenvalue weighted by Crippen LogP contribution is 2.84. The maximum Gasteiger partial charge on any atom is 0.311 e. The lowest BCUT2D eigenvalue weighted by molar-refractivity contribution is -0.145. The second-order valence-electron chi connectivity index (χ2n) is 10.9. The van der Waals surface area contributed by atoms with E-state index < -0.39 is 28.1 Å². The Labute approximate surface area is 255 Å². The number of nitriles is 1. The Morgan fingerprint density at radius 1 is 0.833 bits per heavy atom. The highest BCUT2D eigenvalue weighted by atomic mass is 35.5. The van der Waals surface area contributed by atoms with E-state index in [-0.39, 0.29) is 10.9 Å². The van der Waals surface area contributed by atoms with E-state index in [0.29, 0.717) is 28.6 Å². The Kier molecular flexibility index (Phi) is 8.06. The normalized spacial score (nSPS) is 20.9. The van der Waals surface area contributed by atoms with Crippen LogP contribution < -0.4 is 9.47 Å². The molecule has 1 N–H and O–H groups in total. The van der Waals surface area contributed by atoms with E-state index >= 15 is 0 Å². The topological polar surface area (TPSA) is 79.5 Å². The van der Waals surface area contributed by atoms with Gasteiger partial charge in [0.05, 0.1) is 17.4 Å². The number of carboxylic acids is 1. The Morgan fingerprint density at radius 3 is 1.88 bits per heavy atom. The Balaban J connectivity index is 1.56. The van der Waals surface area contributed by atoms with Gasteiger partial charge in [0.1, 0.15) is 27.5 Å². The van der Waals surface area contributed by atoms with E-state index in [2.05, 4.69) is 6.07 Å². The summed E-state index contributed by atoms with van der Waals surface area (Å²) in [7, 11) is 0. The number of nitrogens with zero attached hydrogens (tertiary/aromatic N) is 1. The minimum atomic E-state index is -1.42. The Bertz CT molecular complexity index is 1660. The highest BCUT2D eigenvalue weighted by Gasteiger charge is 2.87. The fourth-order valence-electron chi connectivity index (χ4n) is 6.56. The van der Waals surface area contributed by atoms with Crippen molar-refractivity contribution in [3.8, 4) is 29.1 Å². The molecule has 0 spiro atoms. The van der Waals surface area contributed by atoms with Gasteiger partial charge in [-0.05, 0) is 77.6 Å². The molecule has 4 aromatic rings. The number of hydrogen-bond donors (Lipinski definition) is 1. The Hall–Kier alpha value is -4.24. The van der Waals surface area contributed by atoms with Gasteiger partial charge in [0.15, 0.2) is 0 Å². The first-order chi connectivity index (χ1) is 20.1. The van der Waals surface area contributed by atoms with Crippen LogP contribution in [0.25, 0.3) is 0 Å². The van der Waals surface area contributed by atoms with Crippen molar-refractivity contribution in [2.75, 3.05) is 0 Å². The number of benzene rings is 4. The van der Waals surface area contributed by atoms with Crippen LogP contribution in [0.4, 0.5) is 0 Å². The zero-order valence-electron chi connectivity index (χ0n) is 23.1. The molecule has 0 heterocycles. The lowest BCUT2D eigenvalue weighted by Gasteiger charge is -2.26. The molecule has 5 nitrogen and oxygen atoms in total. The molecule has 4 aromatic carbocycles. The summed E-state index contributed by atoms with van der Waals surface area (Å²) >= 11 is 12.6. The number of aliphatic carboxylic acids is 1. The molecule has 3 atom stereocenters. The first kappa shape index (κ1) is 29.3. The third-order valence-electron chi connectivity index (χ3n) is 8.55. The molecular formula is C35H29Cl2NO4. The number of rotatable bonds is 10. The predicted molar refractivity (Wildman–Crippen MR) is 164 cm³/mol. The Morgan fingerprint density at radius 2 is 1.36 bits per heavy atom. The zero-order valence-corrected chi connectivity index (χ0v) is 24.6. The van der Waals surface area contributed by atoms with Gasteiger partial charge >= 0.3 is 5.97 Å². The minimum Gasteiger partial charge on any atom is -0.481 e.